The number of nitrogens with zero attached hydrogens (tertiary/aromatic N) is 1. The summed E-state index contributed by atoms with van der Waals surface area (Å²) in [5, 5.41) is 8.18. The molecule has 32 heavy (non-hydrogen) atoms. The highest BCUT2D eigenvalue weighted by molar-refractivity contribution is 7.90. The lowest BCUT2D eigenvalue weighted by atomic mass is 9.99. The van der Waals surface area contributed by atoms with E-state index in [-0.39, 0.29) is 29.7 Å². The molecule has 0 bridgehead atoms. The Labute approximate surface area is 187 Å². The average Bonchev–Trinajstić information content (AvgIpc) is 2.72. The molecule has 0 saturated carbocycles. The number of hydrogen-bond donors (Lipinski definition) is 3. The molecular weight excluding hydrogens is 432 g/mol. The minimum Gasteiger partial charge on any atom is -0.444 e. The van der Waals surface area contributed by atoms with Crippen molar-refractivity contribution >= 4 is 33.5 Å². The Hall–Kier alpha value is -3.40. The van der Waals surface area contributed by atoms with E-state index in [1.807, 2.05) is 30.3 Å². The van der Waals surface area contributed by atoms with E-state index in [4.69, 9.17) is 4.74 Å². The van der Waals surface area contributed by atoms with Crippen LogP contribution >= 0.6 is 0 Å². The molecule has 0 saturated heterocycles. The van der Waals surface area contributed by atoms with Crippen LogP contribution in [-0.4, -0.2) is 44.9 Å². The van der Waals surface area contributed by atoms with E-state index >= 15 is 0 Å². The van der Waals surface area contributed by atoms with Gasteiger partial charge in [-0.2, -0.15) is 8.42 Å². The summed E-state index contributed by atoms with van der Waals surface area (Å²) in [5.74, 6) is -1.25. The molecule has 2 amide bonds. The standard InChI is InChI=1S/C22H26N4O5S/c1-22(2,3)31-21(28)24-14-16(15-9-5-4-6-10-15)13-23-20(27)19-25-17-11-7-8-12-18(17)32(29,30)26-19/h4-12,16H,13-14H2,1-3H3,(H,23,27)(H,24,28)(H,25,26). The van der Waals surface area contributed by atoms with Crippen molar-refractivity contribution in [2.45, 2.75) is 37.2 Å². The van der Waals surface area contributed by atoms with Crippen LogP contribution in [0.5, 0.6) is 0 Å². The van der Waals surface area contributed by atoms with Gasteiger partial charge in [0.25, 0.3) is 15.9 Å². The van der Waals surface area contributed by atoms with Gasteiger partial charge < -0.3 is 20.7 Å². The van der Waals surface area contributed by atoms with E-state index < -0.39 is 27.6 Å². The fourth-order valence-electron chi connectivity index (χ4n) is 3.07. The van der Waals surface area contributed by atoms with Gasteiger partial charge in [-0.3, -0.25) is 4.79 Å². The second-order valence-corrected chi connectivity index (χ2v) is 9.81. The van der Waals surface area contributed by atoms with E-state index in [2.05, 4.69) is 20.3 Å². The number of alkyl carbamates (subject to hydrolysis) is 1. The maximum atomic E-state index is 12.7. The van der Waals surface area contributed by atoms with Gasteiger partial charge in [0, 0.05) is 19.0 Å². The second-order valence-electron chi connectivity index (χ2n) is 8.24. The highest BCUT2D eigenvalue weighted by atomic mass is 32.2. The third kappa shape index (κ3) is 6.07. The number of amides is 2. The first-order valence-electron chi connectivity index (χ1n) is 10.1. The first kappa shape index (κ1) is 23.3. The van der Waals surface area contributed by atoms with Gasteiger partial charge in [0.15, 0.2) is 0 Å². The predicted octanol–water partition coefficient (Wildman–Crippen LogP) is 2.62. The molecule has 1 heterocycles. The average molecular weight is 459 g/mol. The van der Waals surface area contributed by atoms with E-state index in [1.54, 1.807) is 39.0 Å². The van der Waals surface area contributed by atoms with Gasteiger partial charge in [0.05, 0.1) is 5.69 Å². The molecule has 0 aliphatic carbocycles. The van der Waals surface area contributed by atoms with Gasteiger partial charge in [0.2, 0.25) is 5.84 Å². The number of nitrogens with one attached hydrogen (secondary N) is 3. The predicted molar refractivity (Wildman–Crippen MR) is 121 cm³/mol. The van der Waals surface area contributed by atoms with Crippen molar-refractivity contribution in [3.63, 3.8) is 0 Å². The topological polar surface area (TPSA) is 126 Å². The number of carbonyl (C=O) groups is 2. The molecule has 2 aromatic carbocycles. The molecule has 3 rings (SSSR count). The number of rotatable bonds is 6. The zero-order valence-corrected chi connectivity index (χ0v) is 18.9. The fourth-order valence-corrected chi connectivity index (χ4v) is 4.18. The number of fused-ring (bicyclic) bond motifs is 1. The third-order valence-electron chi connectivity index (χ3n) is 4.52. The highest BCUT2D eigenvalue weighted by Crippen LogP contribution is 2.26. The Bertz CT molecular complexity index is 1120. The monoisotopic (exact) mass is 458 g/mol. The minimum absolute atomic E-state index is 0.0141. The lowest BCUT2D eigenvalue weighted by Gasteiger charge is -2.23. The van der Waals surface area contributed by atoms with Crippen LogP contribution in [0.4, 0.5) is 10.5 Å². The first-order valence-corrected chi connectivity index (χ1v) is 11.5. The van der Waals surface area contributed by atoms with Crippen molar-refractivity contribution in [2.75, 3.05) is 18.4 Å². The van der Waals surface area contributed by atoms with Crippen molar-refractivity contribution in [3.8, 4) is 0 Å². The number of para-hydroxylation sites is 1. The molecule has 10 heteroatoms. The summed E-state index contributed by atoms with van der Waals surface area (Å²) in [6.07, 6.45) is -0.564. The van der Waals surface area contributed by atoms with Crippen molar-refractivity contribution in [1.29, 1.82) is 0 Å². The van der Waals surface area contributed by atoms with Gasteiger partial charge in [-0.05, 0) is 38.5 Å². The summed E-state index contributed by atoms with van der Waals surface area (Å²) in [5.41, 5.74) is 0.548. The molecule has 0 fully saturated rings. The van der Waals surface area contributed by atoms with Gasteiger partial charge in [0.1, 0.15) is 10.5 Å². The van der Waals surface area contributed by atoms with Crippen LogP contribution in [0.25, 0.3) is 0 Å². The highest BCUT2D eigenvalue weighted by Gasteiger charge is 2.28. The molecule has 1 aliphatic rings. The van der Waals surface area contributed by atoms with E-state index in [0.717, 1.165) is 5.56 Å². The molecule has 9 nitrogen and oxygen atoms in total. The zero-order chi connectivity index (χ0) is 23.4. The van der Waals surface area contributed by atoms with Crippen molar-refractivity contribution < 1.29 is 22.7 Å². The zero-order valence-electron chi connectivity index (χ0n) is 18.1. The Morgan fingerprint density at radius 2 is 1.62 bits per heavy atom. The third-order valence-corrected chi connectivity index (χ3v) is 5.85. The van der Waals surface area contributed by atoms with Crippen LogP contribution in [0.1, 0.15) is 32.3 Å². The lowest BCUT2D eigenvalue weighted by molar-refractivity contribution is -0.114. The summed E-state index contributed by atoms with van der Waals surface area (Å²) in [7, 11) is -3.97. The molecule has 1 aliphatic heterocycles. The van der Waals surface area contributed by atoms with Crippen molar-refractivity contribution in [1.82, 2.24) is 10.6 Å². The van der Waals surface area contributed by atoms with Gasteiger partial charge in [-0.15, -0.1) is 4.40 Å². The van der Waals surface area contributed by atoms with Crippen LogP contribution in [0, 0.1) is 0 Å². The maximum Gasteiger partial charge on any atom is 0.407 e. The van der Waals surface area contributed by atoms with Crippen LogP contribution in [0.2, 0.25) is 0 Å². The molecule has 1 atom stereocenters. The molecule has 1 unspecified atom stereocenters. The second kappa shape index (κ2) is 9.39. The number of amidine groups is 1. The Kier molecular flexibility index (Phi) is 6.83. The Morgan fingerprint density at radius 3 is 2.31 bits per heavy atom. The fraction of sp³-hybridized carbons (Fsp3) is 0.318. The summed E-state index contributed by atoms with van der Waals surface area (Å²) in [6.45, 7) is 5.66. The molecule has 2 aromatic rings. The molecule has 3 N–H and O–H groups in total. The number of hydrogen-bond acceptors (Lipinski definition) is 6. The minimum atomic E-state index is -3.97. The molecule has 0 spiro atoms. The summed E-state index contributed by atoms with van der Waals surface area (Å²) in [6, 6.07) is 15.6. The van der Waals surface area contributed by atoms with Gasteiger partial charge in [-0.1, -0.05) is 42.5 Å². The Morgan fingerprint density at radius 1 is 1.00 bits per heavy atom. The molecule has 0 aromatic heterocycles. The van der Waals surface area contributed by atoms with Crippen LogP contribution < -0.4 is 16.0 Å². The SMILES string of the molecule is CC(C)(C)OC(=O)NCC(CNC(=O)C1=NS(=O)(=O)c2ccccc2N1)c1ccccc1. The van der Waals surface area contributed by atoms with Crippen LogP contribution in [0.15, 0.2) is 63.9 Å². The number of anilines is 1. The van der Waals surface area contributed by atoms with Crippen molar-refractivity contribution in [2.24, 2.45) is 4.40 Å². The maximum absolute atomic E-state index is 12.7. The summed E-state index contributed by atoms with van der Waals surface area (Å²) < 4.78 is 33.6. The van der Waals surface area contributed by atoms with E-state index in [0.29, 0.717) is 5.69 Å². The van der Waals surface area contributed by atoms with Crippen molar-refractivity contribution in [3.05, 3.63) is 60.2 Å². The van der Waals surface area contributed by atoms with Crippen LogP contribution in [0.3, 0.4) is 0 Å². The molecule has 170 valence electrons. The lowest BCUT2D eigenvalue weighted by Crippen LogP contribution is -2.42. The number of benzene rings is 2. The number of ether oxygens (including phenoxy) is 1. The quantitative estimate of drug-likeness (QED) is 0.611. The van der Waals surface area contributed by atoms with Gasteiger partial charge >= 0.3 is 6.09 Å². The van der Waals surface area contributed by atoms with E-state index in [9.17, 15) is 18.0 Å². The molecule has 0 radical (unpaired) electrons. The van der Waals surface area contributed by atoms with E-state index in [1.165, 1.54) is 6.07 Å². The number of carbonyl (C=O) groups excluding carboxylic acids is 2. The first-order chi connectivity index (χ1) is 15.0. The van der Waals surface area contributed by atoms with Gasteiger partial charge in [-0.25, -0.2) is 4.79 Å². The Balaban J connectivity index is 1.69. The smallest absolute Gasteiger partial charge is 0.407 e. The summed E-state index contributed by atoms with van der Waals surface area (Å²) >= 11 is 0. The largest absolute Gasteiger partial charge is 0.444 e. The summed E-state index contributed by atoms with van der Waals surface area (Å²) in [4.78, 5) is 24.7. The number of sulfonamides is 1. The van der Waals surface area contributed by atoms with Crippen LogP contribution in [-0.2, 0) is 19.6 Å². The normalized spacial score (nSPS) is 15.4. The molecular formula is C22H26N4O5S.